The van der Waals surface area contributed by atoms with E-state index in [9.17, 15) is 9.59 Å². The Labute approximate surface area is 230 Å². The fraction of sp³-hybridized carbons (Fsp3) is 0.452. The molecule has 0 aliphatic rings. The molecule has 2 amide bonds. The third-order valence-electron chi connectivity index (χ3n) is 6.28. The molecule has 2 aromatic carbocycles. The average Bonchev–Trinajstić information content (AvgIpc) is 2.77. The number of benzene rings is 2. The summed E-state index contributed by atoms with van der Waals surface area (Å²) in [6, 6.07) is 11.8. The molecule has 1 unspecified atom stereocenters. The maximum atomic E-state index is 13.3. The van der Waals surface area contributed by atoms with Crippen molar-refractivity contribution in [3.63, 3.8) is 0 Å². The van der Waals surface area contributed by atoms with Crippen LogP contribution in [0.3, 0.4) is 0 Å². The second kappa shape index (κ2) is 13.8. The van der Waals surface area contributed by atoms with Gasteiger partial charge in [0.05, 0.1) is 0 Å². The fourth-order valence-corrected chi connectivity index (χ4v) is 4.50. The summed E-state index contributed by atoms with van der Waals surface area (Å²) in [4.78, 5) is 26.6. The monoisotopic (exact) mass is 482 g/mol. The van der Waals surface area contributed by atoms with Crippen molar-refractivity contribution in [2.75, 3.05) is 0 Å². The molecule has 2 N–H and O–H groups in total. The topological polar surface area (TPSA) is 58.2 Å². The van der Waals surface area contributed by atoms with Gasteiger partial charge in [-0.15, -0.1) is 5.70 Å². The van der Waals surface area contributed by atoms with E-state index < -0.39 is 0 Å². The second-order valence-corrected chi connectivity index (χ2v) is 10.6. The molecule has 2 aromatic rings. The number of allylic oxidation sites excluding steroid dienone is 1. The Morgan fingerprint density at radius 3 is 1.33 bits per heavy atom. The van der Waals surface area contributed by atoms with Crippen LogP contribution in [0.1, 0.15) is 129 Å². The smallest absolute Gasteiger partial charge is 0.362 e. The average molecular weight is 483 g/mol. The van der Waals surface area contributed by atoms with Gasteiger partial charge < -0.3 is 10.6 Å². The molecule has 190 valence electrons. The normalized spacial score (nSPS) is 12.6. The molecule has 0 fully saturated rings. The number of carbonyl (C=O) groups excluding carboxylic acids is 2. The molecule has 5 heteroatoms. The van der Waals surface area contributed by atoms with Crippen LogP contribution in [0.15, 0.2) is 48.2 Å². The van der Waals surface area contributed by atoms with Crippen LogP contribution in [-0.2, 0) is 0 Å². The van der Waals surface area contributed by atoms with Crippen LogP contribution >= 0.6 is 0 Å². The first-order valence-corrected chi connectivity index (χ1v) is 12.8. The second-order valence-electron chi connectivity index (χ2n) is 10.6. The van der Waals surface area contributed by atoms with E-state index in [1.807, 2.05) is 43.3 Å². The Hall–Kier alpha value is -2.41. The number of hydrogen-bond acceptors (Lipinski definition) is 2. The van der Waals surface area contributed by atoms with Crippen molar-refractivity contribution in [3.8, 4) is 0 Å². The van der Waals surface area contributed by atoms with Crippen molar-refractivity contribution in [1.82, 2.24) is 10.6 Å². The van der Waals surface area contributed by atoms with E-state index in [2.05, 4.69) is 72.9 Å². The number of nitrogens with one attached hydrogen (secondary N) is 2. The third-order valence-corrected chi connectivity index (χ3v) is 6.28. The molecule has 0 aliphatic heterocycles. The Morgan fingerprint density at radius 2 is 1.00 bits per heavy atom. The van der Waals surface area contributed by atoms with Crippen LogP contribution in [0.25, 0.3) is 0 Å². The van der Waals surface area contributed by atoms with E-state index in [0.717, 1.165) is 33.4 Å². The van der Waals surface area contributed by atoms with Crippen molar-refractivity contribution in [1.29, 1.82) is 0 Å². The van der Waals surface area contributed by atoms with Crippen molar-refractivity contribution >= 4 is 11.8 Å². The van der Waals surface area contributed by atoms with Gasteiger partial charge in [0.15, 0.2) is 0 Å². The maximum Gasteiger partial charge on any atom is 1.00 e. The molecule has 0 heterocycles. The molecule has 4 nitrogen and oxygen atoms in total. The first-order chi connectivity index (χ1) is 16.3. The minimum atomic E-state index is -0.305. The molecule has 0 saturated heterocycles. The van der Waals surface area contributed by atoms with Gasteiger partial charge in [-0.2, -0.15) is 6.08 Å². The number of rotatable bonds is 9. The minimum absolute atomic E-state index is 0. The minimum Gasteiger partial charge on any atom is -0.362 e. The number of hydrogen-bond donors (Lipinski definition) is 2. The molecule has 0 spiro atoms. The number of carbonyl (C=O) groups is 2. The van der Waals surface area contributed by atoms with E-state index in [-0.39, 0.29) is 60.4 Å². The molecular weight excluding hydrogens is 439 g/mol. The van der Waals surface area contributed by atoms with E-state index in [0.29, 0.717) is 5.70 Å². The first kappa shape index (κ1) is 31.6. The molecule has 1 atom stereocenters. The Balaban J connectivity index is 0.00000648. The zero-order valence-corrected chi connectivity index (χ0v) is 24.0. The standard InChI is InChI=1S/C31H43N2O2.Li/c1-18(2)24-13-11-14-25(19(3)4)28(24)30(34)32-22(9)17-23(10)33-31(35)29-26(20(5)6)15-12-16-27(29)21(7)8;/h11-21,23H,9H2,1-8,10H3,(H,32,34)(H,33,35);/q-1;+1. The Kier molecular flexibility index (Phi) is 12.1. The summed E-state index contributed by atoms with van der Waals surface area (Å²) in [5.74, 6) is 0.652. The summed E-state index contributed by atoms with van der Waals surface area (Å²) in [6.45, 7) is 22.7. The molecule has 36 heavy (non-hydrogen) atoms. The molecule has 0 bridgehead atoms. The van der Waals surface area contributed by atoms with Crippen LogP contribution in [0.2, 0.25) is 0 Å². The Morgan fingerprint density at radius 1 is 0.667 bits per heavy atom. The van der Waals surface area contributed by atoms with Crippen LogP contribution in [-0.4, -0.2) is 17.9 Å². The van der Waals surface area contributed by atoms with Crippen LogP contribution in [0, 0.1) is 6.92 Å². The molecule has 0 aliphatic carbocycles. The van der Waals surface area contributed by atoms with Gasteiger partial charge in [-0.3, -0.25) is 9.59 Å². The van der Waals surface area contributed by atoms with Crippen LogP contribution in [0.5, 0.6) is 0 Å². The maximum absolute atomic E-state index is 13.3. The largest absolute Gasteiger partial charge is 1.00 e. The van der Waals surface area contributed by atoms with E-state index in [4.69, 9.17) is 0 Å². The fourth-order valence-electron chi connectivity index (χ4n) is 4.50. The zero-order valence-electron chi connectivity index (χ0n) is 24.0. The molecule has 0 saturated carbocycles. The van der Waals surface area contributed by atoms with Gasteiger partial charge in [-0.25, -0.2) is 6.92 Å². The molecule has 0 radical (unpaired) electrons. The molecule has 2 rings (SSSR count). The van der Waals surface area contributed by atoms with Gasteiger partial charge in [0.2, 0.25) is 0 Å². The number of amides is 2. The van der Waals surface area contributed by atoms with Gasteiger partial charge in [0.25, 0.3) is 11.8 Å². The summed E-state index contributed by atoms with van der Waals surface area (Å²) in [5.41, 5.74) is 6.07. The predicted octanol–water partition coefficient (Wildman–Crippen LogP) is 4.45. The van der Waals surface area contributed by atoms with Gasteiger partial charge in [0.1, 0.15) is 0 Å². The summed E-state index contributed by atoms with van der Waals surface area (Å²) in [6.07, 6.45) is 1.79. The van der Waals surface area contributed by atoms with E-state index >= 15 is 0 Å². The zero-order chi connectivity index (χ0) is 26.4. The summed E-state index contributed by atoms with van der Waals surface area (Å²) in [7, 11) is 0. The van der Waals surface area contributed by atoms with Gasteiger partial charge in [-0.05, 0) is 52.0 Å². The van der Waals surface area contributed by atoms with Crippen molar-refractivity contribution in [3.05, 3.63) is 88.5 Å². The SMILES string of the molecule is [CH2-]C(=CC(C)NC(=O)c1c(C(C)C)cccc1C(C)C)NC(=O)c1c(C(C)C)cccc1C(C)C.[Li+]. The summed E-state index contributed by atoms with van der Waals surface area (Å²) < 4.78 is 0. The van der Waals surface area contributed by atoms with E-state index in [1.54, 1.807) is 6.08 Å². The summed E-state index contributed by atoms with van der Waals surface area (Å²) >= 11 is 0. The van der Waals surface area contributed by atoms with Crippen molar-refractivity contribution in [2.24, 2.45) is 0 Å². The van der Waals surface area contributed by atoms with Crippen molar-refractivity contribution in [2.45, 2.75) is 92.0 Å². The molecular formula is C31H43LiN2O2. The van der Waals surface area contributed by atoms with Crippen LogP contribution < -0.4 is 29.5 Å². The predicted molar refractivity (Wildman–Crippen MR) is 147 cm³/mol. The molecule has 0 aromatic heterocycles. The van der Waals surface area contributed by atoms with Crippen molar-refractivity contribution < 1.29 is 28.4 Å². The first-order valence-electron chi connectivity index (χ1n) is 12.8. The van der Waals surface area contributed by atoms with Gasteiger partial charge >= 0.3 is 18.9 Å². The van der Waals surface area contributed by atoms with Gasteiger partial charge in [0, 0.05) is 11.1 Å². The van der Waals surface area contributed by atoms with Crippen LogP contribution in [0.4, 0.5) is 0 Å². The van der Waals surface area contributed by atoms with E-state index in [1.165, 1.54) is 0 Å². The van der Waals surface area contributed by atoms with Gasteiger partial charge in [-0.1, -0.05) is 98.7 Å². The Bertz CT molecular complexity index is 1030. The summed E-state index contributed by atoms with van der Waals surface area (Å²) in [5, 5.41) is 6.03. The third kappa shape index (κ3) is 7.79. The quantitative estimate of drug-likeness (QED) is 0.410.